The molecule has 1 aliphatic rings. The predicted octanol–water partition coefficient (Wildman–Crippen LogP) is 1.49. The van der Waals surface area contributed by atoms with E-state index in [9.17, 15) is 4.79 Å². The van der Waals surface area contributed by atoms with Gasteiger partial charge in [0, 0.05) is 13.1 Å². The van der Waals surface area contributed by atoms with E-state index in [2.05, 4.69) is 20.5 Å². The summed E-state index contributed by atoms with van der Waals surface area (Å²) in [7, 11) is 0. The van der Waals surface area contributed by atoms with Crippen LogP contribution in [0.15, 0.2) is 41.1 Å². The van der Waals surface area contributed by atoms with E-state index in [1.165, 1.54) is 0 Å². The highest BCUT2D eigenvalue weighted by atomic mass is 16.5. The SMILES string of the molecule is Cc1noc(-c2cn([C@H]3CCN(C(=O)COc4ccccc4)C3)nn2)n1. The van der Waals surface area contributed by atoms with Crippen molar-refractivity contribution in [3.63, 3.8) is 0 Å². The molecule has 0 bridgehead atoms. The maximum absolute atomic E-state index is 12.3. The van der Waals surface area contributed by atoms with Gasteiger partial charge in [-0.1, -0.05) is 28.6 Å². The molecule has 1 amide bonds. The number of aryl methyl sites for hydroxylation is 1. The fourth-order valence-corrected chi connectivity index (χ4v) is 2.89. The molecule has 1 atom stereocenters. The molecule has 2 aromatic heterocycles. The molecule has 9 heteroatoms. The summed E-state index contributed by atoms with van der Waals surface area (Å²) in [6, 6.07) is 9.38. The Hall–Kier alpha value is -3.23. The van der Waals surface area contributed by atoms with E-state index in [1.54, 1.807) is 22.7 Å². The van der Waals surface area contributed by atoms with Gasteiger partial charge in [-0.25, -0.2) is 4.68 Å². The zero-order valence-corrected chi connectivity index (χ0v) is 14.3. The monoisotopic (exact) mass is 354 g/mol. The number of carbonyl (C=O) groups is 1. The number of amides is 1. The van der Waals surface area contributed by atoms with Gasteiger partial charge in [0.25, 0.3) is 11.8 Å². The lowest BCUT2D eigenvalue weighted by atomic mass is 10.3. The molecule has 0 spiro atoms. The Labute approximate surface area is 149 Å². The van der Waals surface area contributed by atoms with Crippen molar-refractivity contribution < 1.29 is 14.1 Å². The van der Waals surface area contributed by atoms with E-state index < -0.39 is 0 Å². The highest BCUT2D eigenvalue weighted by Gasteiger charge is 2.29. The summed E-state index contributed by atoms with van der Waals surface area (Å²) < 4.78 is 12.4. The maximum atomic E-state index is 12.3. The van der Waals surface area contributed by atoms with Crippen LogP contribution in [0, 0.1) is 6.92 Å². The Morgan fingerprint density at radius 1 is 1.35 bits per heavy atom. The second-order valence-corrected chi connectivity index (χ2v) is 6.11. The average Bonchev–Trinajstić information content (AvgIpc) is 3.40. The molecule has 0 saturated carbocycles. The molecule has 0 aliphatic carbocycles. The molecular formula is C17H18N6O3. The first-order valence-corrected chi connectivity index (χ1v) is 8.37. The minimum atomic E-state index is -0.0378. The van der Waals surface area contributed by atoms with Gasteiger partial charge in [-0.2, -0.15) is 4.98 Å². The molecule has 0 unspecified atom stereocenters. The normalized spacial score (nSPS) is 16.8. The lowest BCUT2D eigenvalue weighted by Gasteiger charge is -2.16. The van der Waals surface area contributed by atoms with Gasteiger partial charge >= 0.3 is 0 Å². The molecule has 3 heterocycles. The summed E-state index contributed by atoms with van der Waals surface area (Å²) in [6.07, 6.45) is 2.58. The number of hydrogen-bond acceptors (Lipinski definition) is 7. The molecule has 1 saturated heterocycles. The molecule has 9 nitrogen and oxygen atoms in total. The Balaban J connectivity index is 1.35. The van der Waals surface area contributed by atoms with Crippen LogP contribution in [0.5, 0.6) is 5.75 Å². The smallest absolute Gasteiger partial charge is 0.280 e. The molecule has 1 aliphatic heterocycles. The van der Waals surface area contributed by atoms with Crippen molar-refractivity contribution in [2.75, 3.05) is 19.7 Å². The van der Waals surface area contributed by atoms with Crippen LogP contribution in [0.1, 0.15) is 18.3 Å². The molecular weight excluding hydrogens is 336 g/mol. The van der Waals surface area contributed by atoms with Crippen LogP contribution in [0.3, 0.4) is 0 Å². The van der Waals surface area contributed by atoms with Crippen LogP contribution < -0.4 is 4.74 Å². The third-order valence-corrected chi connectivity index (χ3v) is 4.25. The summed E-state index contributed by atoms with van der Waals surface area (Å²) in [5, 5.41) is 12.0. The van der Waals surface area contributed by atoms with E-state index >= 15 is 0 Å². The maximum Gasteiger partial charge on any atom is 0.280 e. The van der Waals surface area contributed by atoms with Gasteiger partial charge in [0.2, 0.25) is 0 Å². The summed E-state index contributed by atoms with van der Waals surface area (Å²) in [6.45, 7) is 3.01. The van der Waals surface area contributed by atoms with Crippen LogP contribution in [0.25, 0.3) is 11.6 Å². The Morgan fingerprint density at radius 3 is 2.96 bits per heavy atom. The molecule has 4 rings (SSSR count). The molecule has 0 N–H and O–H groups in total. The van der Waals surface area contributed by atoms with Crippen molar-refractivity contribution in [1.82, 2.24) is 30.0 Å². The van der Waals surface area contributed by atoms with Crippen molar-refractivity contribution >= 4 is 5.91 Å². The van der Waals surface area contributed by atoms with Gasteiger partial charge in [-0.05, 0) is 25.5 Å². The van der Waals surface area contributed by atoms with Crippen LogP contribution in [0.4, 0.5) is 0 Å². The summed E-state index contributed by atoms with van der Waals surface area (Å²) in [5.41, 5.74) is 0.530. The largest absolute Gasteiger partial charge is 0.484 e. The van der Waals surface area contributed by atoms with Crippen molar-refractivity contribution in [2.24, 2.45) is 0 Å². The number of ether oxygens (including phenoxy) is 1. The number of para-hydroxylation sites is 1. The Kier molecular flexibility index (Phi) is 4.34. The number of nitrogens with zero attached hydrogens (tertiary/aromatic N) is 6. The lowest BCUT2D eigenvalue weighted by Crippen LogP contribution is -2.33. The Morgan fingerprint density at radius 2 is 2.19 bits per heavy atom. The number of benzene rings is 1. The summed E-state index contributed by atoms with van der Waals surface area (Å²) in [5.74, 6) is 1.54. The number of rotatable bonds is 5. The summed E-state index contributed by atoms with van der Waals surface area (Å²) in [4.78, 5) is 18.3. The van der Waals surface area contributed by atoms with Crippen molar-refractivity contribution in [1.29, 1.82) is 0 Å². The molecule has 1 aromatic carbocycles. The molecule has 1 fully saturated rings. The van der Waals surface area contributed by atoms with Crippen molar-refractivity contribution in [3.05, 3.63) is 42.4 Å². The molecule has 3 aromatic rings. The quantitative estimate of drug-likeness (QED) is 0.684. The first kappa shape index (κ1) is 16.2. The van der Waals surface area contributed by atoms with Crippen molar-refractivity contribution in [2.45, 2.75) is 19.4 Å². The number of aromatic nitrogens is 5. The number of likely N-dealkylation sites (tertiary alicyclic amines) is 1. The second kappa shape index (κ2) is 6.95. The predicted molar refractivity (Wildman–Crippen MR) is 90.2 cm³/mol. The standard InChI is InChI=1S/C17H18N6O3/c1-12-18-17(26-20-12)15-10-23(21-19-15)13-7-8-22(9-13)16(24)11-25-14-5-3-2-4-6-14/h2-6,10,13H,7-9,11H2,1H3/t13-/m0/s1. The molecule has 26 heavy (non-hydrogen) atoms. The third-order valence-electron chi connectivity index (χ3n) is 4.25. The van der Waals surface area contributed by atoms with E-state index in [0.29, 0.717) is 36.2 Å². The fourth-order valence-electron chi connectivity index (χ4n) is 2.89. The van der Waals surface area contributed by atoms with E-state index in [1.807, 2.05) is 30.3 Å². The highest BCUT2D eigenvalue weighted by molar-refractivity contribution is 5.78. The average molecular weight is 354 g/mol. The van der Waals surface area contributed by atoms with Crippen LogP contribution in [-0.2, 0) is 4.79 Å². The first-order valence-electron chi connectivity index (χ1n) is 8.37. The fraction of sp³-hybridized carbons (Fsp3) is 0.353. The van der Waals surface area contributed by atoms with Gasteiger partial charge in [-0.3, -0.25) is 4.79 Å². The van der Waals surface area contributed by atoms with Crippen molar-refractivity contribution in [3.8, 4) is 17.3 Å². The highest BCUT2D eigenvalue weighted by Crippen LogP contribution is 2.23. The van der Waals surface area contributed by atoms with Crippen LogP contribution in [0.2, 0.25) is 0 Å². The van der Waals surface area contributed by atoms with Gasteiger partial charge in [0.05, 0.1) is 12.2 Å². The van der Waals surface area contributed by atoms with Gasteiger partial charge in [0.15, 0.2) is 18.1 Å². The summed E-state index contributed by atoms with van der Waals surface area (Å²) >= 11 is 0. The van der Waals surface area contributed by atoms with Gasteiger partial charge < -0.3 is 14.2 Å². The number of carbonyl (C=O) groups excluding carboxylic acids is 1. The van der Waals surface area contributed by atoms with Gasteiger partial charge in [0.1, 0.15) is 5.75 Å². The van der Waals surface area contributed by atoms with Gasteiger partial charge in [-0.15, -0.1) is 5.10 Å². The lowest BCUT2D eigenvalue weighted by molar-refractivity contribution is -0.132. The first-order chi connectivity index (χ1) is 12.7. The zero-order valence-electron chi connectivity index (χ0n) is 14.3. The van der Waals surface area contributed by atoms with Crippen LogP contribution in [-0.4, -0.2) is 55.6 Å². The minimum Gasteiger partial charge on any atom is -0.484 e. The molecule has 0 radical (unpaired) electrons. The molecule has 134 valence electrons. The topological polar surface area (TPSA) is 99.2 Å². The number of hydrogen-bond donors (Lipinski definition) is 0. The van der Waals surface area contributed by atoms with E-state index in [4.69, 9.17) is 9.26 Å². The Bertz CT molecular complexity index is 891. The minimum absolute atomic E-state index is 0.0284. The van der Waals surface area contributed by atoms with E-state index in [-0.39, 0.29) is 18.6 Å². The third kappa shape index (κ3) is 3.41. The second-order valence-electron chi connectivity index (χ2n) is 6.11. The van der Waals surface area contributed by atoms with E-state index in [0.717, 1.165) is 6.42 Å². The zero-order chi connectivity index (χ0) is 17.9. The van der Waals surface area contributed by atoms with Crippen LogP contribution >= 0.6 is 0 Å².